The van der Waals surface area contributed by atoms with Crippen molar-refractivity contribution < 1.29 is 0 Å². The van der Waals surface area contributed by atoms with Gasteiger partial charge in [0.15, 0.2) is 0 Å². The van der Waals surface area contributed by atoms with Crippen LogP contribution in [0.3, 0.4) is 0 Å². The first-order valence-electron chi connectivity index (χ1n) is 7.06. The second kappa shape index (κ2) is 6.18. The molecule has 0 aliphatic carbocycles. The Morgan fingerprint density at radius 1 is 1.44 bits per heavy atom. The van der Waals surface area contributed by atoms with Gasteiger partial charge >= 0.3 is 0 Å². The number of likely N-dealkylation sites (tertiary alicyclic amines) is 1. The number of rotatable bonds is 4. The van der Waals surface area contributed by atoms with E-state index in [1.807, 2.05) is 11.3 Å². The van der Waals surface area contributed by atoms with Crippen LogP contribution < -0.4 is 5.32 Å². The molecule has 2 nitrogen and oxygen atoms in total. The van der Waals surface area contributed by atoms with Crippen LogP contribution in [0.15, 0.2) is 17.5 Å². The summed E-state index contributed by atoms with van der Waals surface area (Å²) >= 11 is 1.88. The zero-order valence-corrected chi connectivity index (χ0v) is 12.8. The zero-order chi connectivity index (χ0) is 13.1. The van der Waals surface area contributed by atoms with Crippen molar-refractivity contribution >= 4 is 11.3 Å². The first kappa shape index (κ1) is 14.0. The fraction of sp³-hybridized carbons (Fsp3) is 0.733. The highest BCUT2D eigenvalue weighted by atomic mass is 32.1. The third-order valence-corrected chi connectivity index (χ3v) is 4.97. The van der Waals surface area contributed by atoms with Crippen molar-refractivity contribution in [3.63, 3.8) is 0 Å². The Morgan fingerprint density at radius 3 is 2.78 bits per heavy atom. The van der Waals surface area contributed by atoms with E-state index in [2.05, 4.69) is 55.5 Å². The number of nitrogens with one attached hydrogen (secondary N) is 1. The minimum absolute atomic E-state index is 0.515. The van der Waals surface area contributed by atoms with Crippen molar-refractivity contribution in [1.82, 2.24) is 10.2 Å². The van der Waals surface area contributed by atoms with Gasteiger partial charge in [-0.15, -0.1) is 11.3 Å². The largest absolute Gasteiger partial charge is 0.306 e. The van der Waals surface area contributed by atoms with Crippen molar-refractivity contribution in [2.24, 2.45) is 11.8 Å². The number of thiophene rings is 1. The Bertz CT molecular complexity index is 347. The predicted molar refractivity (Wildman–Crippen MR) is 80.1 cm³/mol. The molecular formula is C15H26N2S. The molecule has 2 heterocycles. The molecule has 3 atom stereocenters. The smallest absolute Gasteiger partial charge is 0.0440 e. The monoisotopic (exact) mass is 266 g/mol. The highest BCUT2D eigenvalue weighted by Gasteiger charge is 2.28. The summed E-state index contributed by atoms with van der Waals surface area (Å²) in [4.78, 5) is 3.93. The lowest BCUT2D eigenvalue weighted by Gasteiger charge is -2.38. The summed E-state index contributed by atoms with van der Waals surface area (Å²) in [5, 5.41) is 6.10. The molecule has 0 bridgehead atoms. The van der Waals surface area contributed by atoms with E-state index in [1.165, 1.54) is 24.4 Å². The van der Waals surface area contributed by atoms with Gasteiger partial charge in [0.1, 0.15) is 0 Å². The second-order valence-corrected chi connectivity index (χ2v) is 7.02. The first-order chi connectivity index (χ1) is 8.58. The van der Waals surface area contributed by atoms with Crippen LogP contribution in [-0.4, -0.2) is 31.1 Å². The molecule has 1 aliphatic heterocycles. The van der Waals surface area contributed by atoms with Gasteiger partial charge in [-0.2, -0.15) is 0 Å². The lowest BCUT2D eigenvalue weighted by Crippen LogP contribution is -2.48. The minimum Gasteiger partial charge on any atom is -0.306 e. The topological polar surface area (TPSA) is 15.3 Å². The van der Waals surface area contributed by atoms with Crippen LogP contribution >= 0.6 is 11.3 Å². The average molecular weight is 266 g/mol. The molecule has 0 spiro atoms. The van der Waals surface area contributed by atoms with Crippen LogP contribution in [-0.2, 0) is 0 Å². The van der Waals surface area contributed by atoms with Gasteiger partial charge in [0, 0.05) is 23.5 Å². The molecule has 2 rings (SSSR count). The number of hydrogen-bond acceptors (Lipinski definition) is 3. The van der Waals surface area contributed by atoms with E-state index in [1.54, 1.807) is 0 Å². The van der Waals surface area contributed by atoms with Crippen LogP contribution in [0.4, 0.5) is 0 Å². The quantitative estimate of drug-likeness (QED) is 0.899. The maximum Gasteiger partial charge on any atom is 0.0440 e. The summed E-state index contributed by atoms with van der Waals surface area (Å²) in [5.41, 5.74) is 0. The Kier molecular flexibility index (Phi) is 4.82. The third kappa shape index (κ3) is 3.34. The van der Waals surface area contributed by atoms with Crippen LogP contribution in [0.1, 0.15) is 38.1 Å². The molecule has 18 heavy (non-hydrogen) atoms. The molecule has 3 unspecified atom stereocenters. The minimum atomic E-state index is 0.515. The van der Waals surface area contributed by atoms with Gasteiger partial charge in [-0.25, -0.2) is 0 Å². The molecule has 1 aliphatic rings. The highest BCUT2D eigenvalue weighted by Crippen LogP contribution is 2.28. The molecular weight excluding hydrogens is 240 g/mol. The fourth-order valence-electron chi connectivity index (χ4n) is 2.90. The van der Waals surface area contributed by atoms with Gasteiger partial charge < -0.3 is 10.2 Å². The molecule has 1 aromatic heterocycles. The van der Waals surface area contributed by atoms with E-state index < -0.39 is 0 Å². The summed E-state index contributed by atoms with van der Waals surface area (Å²) in [6.07, 6.45) is 1.27. The van der Waals surface area contributed by atoms with Crippen LogP contribution in [0.25, 0.3) is 0 Å². The molecule has 3 heteroatoms. The molecule has 1 N–H and O–H groups in total. The molecule has 1 saturated heterocycles. The lowest BCUT2D eigenvalue weighted by molar-refractivity contribution is 0.159. The van der Waals surface area contributed by atoms with Crippen molar-refractivity contribution in [2.75, 3.05) is 20.1 Å². The van der Waals surface area contributed by atoms with Gasteiger partial charge in [0.25, 0.3) is 0 Å². The molecule has 0 saturated carbocycles. The number of piperidine rings is 1. The highest BCUT2D eigenvalue weighted by molar-refractivity contribution is 7.10. The van der Waals surface area contributed by atoms with E-state index in [0.29, 0.717) is 18.0 Å². The molecule has 102 valence electrons. The Labute approximate surface area is 115 Å². The summed E-state index contributed by atoms with van der Waals surface area (Å²) in [6, 6.07) is 5.61. The number of nitrogens with zero attached hydrogens (tertiary/aromatic N) is 1. The molecule has 1 aromatic rings. The Morgan fingerprint density at radius 2 is 2.22 bits per heavy atom. The average Bonchev–Trinajstić information content (AvgIpc) is 2.80. The van der Waals surface area contributed by atoms with E-state index >= 15 is 0 Å². The van der Waals surface area contributed by atoms with Crippen molar-refractivity contribution in [1.29, 1.82) is 0 Å². The zero-order valence-electron chi connectivity index (χ0n) is 12.0. The first-order valence-corrected chi connectivity index (χ1v) is 7.94. The normalized spacial score (nSPS) is 27.6. The lowest BCUT2D eigenvalue weighted by atomic mass is 9.91. The van der Waals surface area contributed by atoms with Crippen molar-refractivity contribution in [2.45, 2.75) is 39.3 Å². The van der Waals surface area contributed by atoms with E-state index in [9.17, 15) is 0 Å². The Balaban J connectivity index is 2.01. The summed E-state index contributed by atoms with van der Waals surface area (Å²) in [5.74, 6) is 1.39. The predicted octanol–water partition coefficient (Wildman–Crippen LogP) is 3.38. The third-order valence-electron chi connectivity index (χ3n) is 4.02. The molecule has 1 fully saturated rings. The summed E-state index contributed by atoms with van der Waals surface area (Å²) in [6.45, 7) is 9.44. The van der Waals surface area contributed by atoms with Crippen LogP contribution in [0, 0.1) is 11.8 Å². The molecule has 0 aromatic carbocycles. The van der Waals surface area contributed by atoms with Gasteiger partial charge in [-0.1, -0.05) is 26.8 Å². The van der Waals surface area contributed by atoms with Crippen molar-refractivity contribution in [3.8, 4) is 0 Å². The van der Waals surface area contributed by atoms with Crippen LogP contribution in [0.5, 0.6) is 0 Å². The second-order valence-electron chi connectivity index (χ2n) is 6.04. The fourth-order valence-corrected chi connectivity index (χ4v) is 3.86. The van der Waals surface area contributed by atoms with Crippen LogP contribution in [0.2, 0.25) is 0 Å². The van der Waals surface area contributed by atoms with Gasteiger partial charge in [0.2, 0.25) is 0 Å². The maximum atomic E-state index is 3.91. The van der Waals surface area contributed by atoms with E-state index in [-0.39, 0.29) is 0 Å². The standard InChI is InChI=1S/C15H26N2S/c1-11(2)15(14-6-5-9-18-14)16-13-7-8-17(4)10-12(13)3/h5-6,9,11-13,15-16H,7-8,10H2,1-4H3. The Hall–Kier alpha value is -0.380. The SMILES string of the molecule is CC(C)C(NC1CCN(C)CC1C)c1cccs1. The van der Waals surface area contributed by atoms with Gasteiger partial charge in [-0.05, 0) is 43.3 Å². The summed E-state index contributed by atoms with van der Waals surface area (Å²) < 4.78 is 0. The van der Waals surface area contributed by atoms with E-state index in [4.69, 9.17) is 0 Å². The molecule has 0 radical (unpaired) electrons. The van der Waals surface area contributed by atoms with Crippen molar-refractivity contribution in [3.05, 3.63) is 22.4 Å². The van der Waals surface area contributed by atoms with Gasteiger partial charge in [-0.3, -0.25) is 0 Å². The molecule has 0 amide bonds. The maximum absolute atomic E-state index is 3.91. The van der Waals surface area contributed by atoms with E-state index in [0.717, 1.165) is 5.92 Å². The van der Waals surface area contributed by atoms with Gasteiger partial charge in [0.05, 0.1) is 0 Å². The number of hydrogen-bond donors (Lipinski definition) is 1. The summed E-state index contributed by atoms with van der Waals surface area (Å²) in [7, 11) is 2.23.